The minimum atomic E-state index is -1.21. The van der Waals surface area contributed by atoms with Crippen LogP contribution >= 0.6 is 0 Å². The van der Waals surface area contributed by atoms with Crippen LogP contribution < -0.4 is 5.32 Å². The highest BCUT2D eigenvalue weighted by Crippen LogP contribution is 2.29. The molecule has 7 heteroatoms. The number of nitro benzene ring substituents is 1. The van der Waals surface area contributed by atoms with E-state index in [2.05, 4.69) is 5.32 Å². The van der Waals surface area contributed by atoms with Gasteiger partial charge in [0, 0.05) is 30.8 Å². The summed E-state index contributed by atoms with van der Waals surface area (Å²) in [6.45, 7) is 2.16. The van der Waals surface area contributed by atoms with Gasteiger partial charge in [0.2, 0.25) is 0 Å². The van der Waals surface area contributed by atoms with Gasteiger partial charge >= 0.3 is 5.97 Å². The maximum Gasteiger partial charge on any atom is 0.331 e. The third-order valence-corrected chi connectivity index (χ3v) is 3.24. The number of nitro groups is 1. The summed E-state index contributed by atoms with van der Waals surface area (Å²) in [5.74, 6) is -1.02. The van der Waals surface area contributed by atoms with Crippen molar-refractivity contribution in [3.8, 4) is 0 Å². The average molecular weight is 266 g/mol. The molecule has 102 valence electrons. The molecule has 1 fully saturated rings. The number of nitrogens with one attached hydrogen (secondary N) is 1. The first kappa shape index (κ1) is 13.3. The number of carboxylic acid groups (broad SMARTS) is 1. The zero-order chi connectivity index (χ0) is 14.0. The first-order chi connectivity index (χ1) is 8.94. The molecule has 1 saturated heterocycles. The summed E-state index contributed by atoms with van der Waals surface area (Å²) in [6, 6.07) is 4.32. The van der Waals surface area contributed by atoms with Gasteiger partial charge in [-0.25, -0.2) is 4.79 Å². The number of rotatable bonds is 4. The third-order valence-electron chi connectivity index (χ3n) is 3.24. The standard InChI is InChI=1S/C12H14N2O5/c1-8-2-3-9(14(17)18)6-10(8)13-12(11(15)16)4-5-19-7-12/h2-3,6,13H,4-5,7H2,1H3,(H,15,16). The number of hydrogen-bond donors (Lipinski definition) is 2. The van der Waals surface area contributed by atoms with Gasteiger partial charge in [0.05, 0.1) is 11.5 Å². The molecule has 1 aromatic rings. The molecule has 0 aromatic heterocycles. The van der Waals surface area contributed by atoms with Gasteiger partial charge in [0.1, 0.15) is 0 Å². The zero-order valence-corrected chi connectivity index (χ0v) is 10.4. The highest BCUT2D eigenvalue weighted by molar-refractivity contribution is 5.84. The molecule has 2 rings (SSSR count). The van der Waals surface area contributed by atoms with Gasteiger partial charge in [-0.05, 0) is 12.5 Å². The number of carbonyl (C=O) groups is 1. The van der Waals surface area contributed by atoms with Crippen LogP contribution in [0.5, 0.6) is 0 Å². The number of nitrogens with zero attached hydrogens (tertiary/aromatic N) is 1. The second-order valence-corrected chi connectivity index (χ2v) is 4.57. The van der Waals surface area contributed by atoms with Gasteiger partial charge in [-0.3, -0.25) is 10.1 Å². The summed E-state index contributed by atoms with van der Waals surface area (Å²) in [6.07, 6.45) is 0.324. The number of hydrogen-bond acceptors (Lipinski definition) is 5. The summed E-state index contributed by atoms with van der Waals surface area (Å²) >= 11 is 0. The topological polar surface area (TPSA) is 102 Å². The third kappa shape index (κ3) is 2.50. The van der Waals surface area contributed by atoms with Gasteiger partial charge in [-0.15, -0.1) is 0 Å². The van der Waals surface area contributed by atoms with E-state index >= 15 is 0 Å². The van der Waals surface area contributed by atoms with Crippen LogP contribution in [0, 0.1) is 17.0 Å². The normalized spacial score (nSPS) is 22.2. The number of non-ortho nitro benzene ring substituents is 1. The fourth-order valence-corrected chi connectivity index (χ4v) is 2.00. The number of carboxylic acids is 1. The molecule has 0 radical (unpaired) electrons. The lowest BCUT2D eigenvalue weighted by Crippen LogP contribution is -2.47. The van der Waals surface area contributed by atoms with Crippen molar-refractivity contribution in [1.29, 1.82) is 0 Å². The Morgan fingerprint density at radius 3 is 2.84 bits per heavy atom. The van der Waals surface area contributed by atoms with E-state index in [9.17, 15) is 20.0 Å². The van der Waals surface area contributed by atoms with Gasteiger partial charge in [0.25, 0.3) is 5.69 Å². The molecule has 0 saturated carbocycles. The Kier molecular flexibility index (Phi) is 3.39. The van der Waals surface area contributed by atoms with Gasteiger partial charge in [-0.1, -0.05) is 6.07 Å². The minimum absolute atomic E-state index is 0.0461. The van der Waals surface area contributed by atoms with Crippen LogP contribution in [0.2, 0.25) is 0 Å². The van der Waals surface area contributed by atoms with E-state index in [0.29, 0.717) is 18.7 Å². The van der Waals surface area contributed by atoms with Crippen LogP contribution in [0.3, 0.4) is 0 Å². The van der Waals surface area contributed by atoms with E-state index in [4.69, 9.17) is 4.74 Å². The van der Waals surface area contributed by atoms with Crippen molar-refractivity contribution >= 4 is 17.3 Å². The largest absolute Gasteiger partial charge is 0.479 e. The SMILES string of the molecule is Cc1ccc([N+](=O)[O-])cc1NC1(C(=O)O)CCOC1. The van der Waals surface area contributed by atoms with E-state index in [1.165, 1.54) is 12.1 Å². The van der Waals surface area contributed by atoms with Crippen molar-refractivity contribution < 1.29 is 19.6 Å². The molecular formula is C12H14N2O5. The van der Waals surface area contributed by atoms with Gasteiger partial charge in [0.15, 0.2) is 5.54 Å². The molecular weight excluding hydrogens is 252 g/mol. The van der Waals surface area contributed by atoms with Crippen LogP contribution in [-0.2, 0) is 9.53 Å². The predicted octanol–water partition coefficient (Wildman–Crippen LogP) is 1.56. The van der Waals surface area contributed by atoms with E-state index in [1.54, 1.807) is 13.0 Å². The fraction of sp³-hybridized carbons (Fsp3) is 0.417. The molecule has 7 nitrogen and oxygen atoms in total. The molecule has 1 heterocycles. The van der Waals surface area contributed by atoms with Crippen molar-refractivity contribution in [2.75, 3.05) is 18.5 Å². The van der Waals surface area contributed by atoms with Gasteiger partial charge < -0.3 is 15.2 Å². The van der Waals surface area contributed by atoms with Crippen LogP contribution in [0.15, 0.2) is 18.2 Å². The Bertz CT molecular complexity index is 523. The molecule has 0 aliphatic carbocycles. The lowest BCUT2D eigenvalue weighted by Gasteiger charge is -2.25. The Morgan fingerprint density at radius 1 is 1.58 bits per heavy atom. The monoisotopic (exact) mass is 266 g/mol. The van der Waals surface area contributed by atoms with E-state index in [1.807, 2.05) is 0 Å². The summed E-state index contributed by atoms with van der Waals surface area (Å²) in [5, 5.41) is 23.0. The molecule has 0 bridgehead atoms. The number of benzene rings is 1. The molecule has 1 aliphatic heterocycles. The van der Waals surface area contributed by atoms with Crippen molar-refractivity contribution in [2.45, 2.75) is 18.9 Å². The van der Waals surface area contributed by atoms with Crippen LogP contribution in [0.4, 0.5) is 11.4 Å². The molecule has 1 aliphatic rings. The van der Waals surface area contributed by atoms with Crippen LogP contribution in [0.25, 0.3) is 0 Å². The summed E-state index contributed by atoms with van der Waals surface area (Å²) in [5.41, 5.74) is -0.0900. The first-order valence-electron chi connectivity index (χ1n) is 5.79. The maximum atomic E-state index is 11.4. The van der Waals surface area contributed by atoms with E-state index in [-0.39, 0.29) is 12.3 Å². The van der Waals surface area contributed by atoms with Crippen LogP contribution in [-0.4, -0.2) is 34.8 Å². The number of aliphatic carboxylic acids is 1. The first-order valence-corrected chi connectivity index (χ1v) is 5.79. The molecule has 1 atom stereocenters. The highest BCUT2D eigenvalue weighted by Gasteiger charge is 2.43. The van der Waals surface area contributed by atoms with Crippen molar-refractivity contribution in [3.05, 3.63) is 33.9 Å². The average Bonchev–Trinajstić information content (AvgIpc) is 2.81. The molecule has 0 amide bonds. The van der Waals surface area contributed by atoms with Crippen LogP contribution in [0.1, 0.15) is 12.0 Å². The Hall–Kier alpha value is -2.15. The lowest BCUT2D eigenvalue weighted by atomic mass is 9.97. The molecule has 19 heavy (non-hydrogen) atoms. The van der Waals surface area contributed by atoms with Crippen molar-refractivity contribution in [2.24, 2.45) is 0 Å². The van der Waals surface area contributed by atoms with Crippen molar-refractivity contribution in [1.82, 2.24) is 0 Å². The number of aryl methyl sites for hydroxylation is 1. The quantitative estimate of drug-likeness (QED) is 0.633. The summed E-state index contributed by atoms with van der Waals surface area (Å²) in [7, 11) is 0. The van der Waals surface area contributed by atoms with Crippen molar-refractivity contribution in [3.63, 3.8) is 0 Å². The van der Waals surface area contributed by atoms with E-state index < -0.39 is 16.4 Å². The number of anilines is 1. The molecule has 1 unspecified atom stereocenters. The summed E-state index contributed by atoms with van der Waals surface area (Å²) < 4.78 is 5.13. The molecule has 2 N–H and O–H groups in total. The highest BCUT2D eigenvalue weighted by atomic mass is 16.6. The maximum absolute atomic E-state index is 11.4. The summed E-state index contributed by atoms with van der Waals surface area (Å²) in [4.78, 5) is 21.6. The second kappa shape index (κ2) is 4.85. The second-order valence-electron chi connectivity index (χ2n) is 4.57. The Morgan fingerprint density at radius 2 is 2.32 bits per heavy atom. The predicted molar refractivity (Wildman–Crippen MR) is 67.3 cm³/mol. The Balaban J connectivity index is 2.34. The minimum Gasteiger partial charge on any atom is -0.479 e. The molecule has 1 aromatic carbocycles. The zero-order valence-electron chi connectivity index (χ0n) is 10.4. The molecule has 0 spiro atoms. The Labute approximate surface area is 109 Å². The van der Waals surface area contributed by atoms with E-state index in [0.717, 1.165) is 5.56 Å². The van der Waals surface area contributed by atoms with Gasteiger partial charge in [-0.2, -0.15) is 0 Å². The smallest absolute Gasteiger partial charge is 0.331 e. The number of ether oxygens (including phenoxy) is 1. The fourth-order valence-electron chi connectivity index (χ4n) is 2.00. The lowest BCUT2D eigenvalue weighted by molar-refractivity contribution is -0.384.